The number of hydrogen-bond donors (Lipinski definition) is 2. The molecule has 0 spiro atoms. The Bertz CT molecular complexity index is 592. The summed E-state index contributed by atoms with van der Waals surface area (Å²) in [4.78, 5) is 49.6. The molecule has 1 saturated heterocycles. The van der Waals surface area contributed by atoms with Crippen LogP contribution in [0.5, 0.6) is 0 Å². The highest BCUT2D eigenvalue weighted by Crippen LogP contribution is 2.35. The third-order valence-corrected chi connectivity index (χ3v) is 5.57. The Kier molecular flexibility index (Phi) is 7.21. The number of esters is 1. The van der Waals surface area contributed by atoms with Crippen molar-refractivity contribution in [1.82, 2.24) is 15.5 Å². The molecule has 2 N–H and O–H groups in total. The normalized spacial score (nSPS) is 28.2. The first-order valence-corrected chi connectivity index (χ1v) is 9.75. The van der Waals surface area contributed by atoms with Gasteiger partial charge in [-0.1, -0.05) is 26.7 Å². The number of hydrogen-bond acceptors (Lipinski definition) is 5. The minimum atomic E-state index is -0.697. The summed E-state index contributed by atoms with van der Waals surface area (Å²) in [6.45, 7) is 7.71. The fourth-order valence-electron chi connectivity index (χ4n) is 3.92. The monoisotopic (exact) mass is 381 g/mol. The summed E-state index contributed by atoms with van der Waals surface area (Å²) in [5.41, 5.74) is 0. The van der Waals surface area contributed by atoms with Crippen LogP contribution in [0.4, 0.5) is 4.79 Å². The molecule has 0 aromatic carbocycles. The van der Waals surface area contributed by atoms with Crippen LogP contribution in [0.15, 0.2) is 0 Å². The first kappa shape index (κ1) is 21.2. The van der Waals surface area contributed by atoms with Crippen molar-refractivity contribution in [2.75, 3.05) is 13.2 Å². The minimum absolute atomic E-state index is 0.0244. The lowest BCUT2D eigenvalue weighted by atomic mass is 9.77. The molecular formula is C19H31N3O5. The lowest BCUT2D eigenvalue weighted by molar-refractivity contribution is -0.152. The predicted octanol–water partition coefficient (Wildman–Crippen LogP) is 1.44. The van der Waals surface area contributed by atoms with E-state index in [9.17, 15) is 19.2 Å². The zero-order chi connectivity index (χ0) is 20.1. The van der Waals surface area contributed by atoms with Crippen molar-refractivity contribution < 1.29 is 23.9 Å². The number of urea groups is 1. The molecule has 8 nitrogen and oxygen atoms in total. The lowest BCUT2D eigenvalue weighted by Gasteiger charge is -2.39. The number of carbonyl (C=O) groups is 4. The second-order valence-electron chi connectivity index (χ2n) is 8.07. The summed E-state index contributed by atoms with van der Waals surface area (Å²) in [5.74, 6) is -0.881. The highest BCUT2D eigenvalue weighted by atomic mass is 16.5. The van der Waals surface area contributed by atoms with E-state index in [1.54, 1.807) is 13.8 Å². The average Bonchev–Trinajstić information content (AvgIpc) is 2.96. The van der Waals surface area contributed by atoms with Crippen LogP contribution in [0.25, 0.3) is 0 Å². The zero-order valence-electron chi connectivity index (χ0n) is 16.6. The lowest BCUT2D eigenvalue weighted by Crippen LogP contribution is -2.45. The van der Waals surface area contributed by atoms with Crippen LogP contribution in [0.3, 0.4) is 0 Å². The molecule has 2 aliphatic rings. The Morgan fingerprint density at radius 2 is 1.93 bits per heavy atom. The molecule has 4 atom stereocenters. The molecule has 152 valence electrons. The molecule has 0 aromatic rings. The molecular weight excluding hydrogens is 350 g/mol. The van der Waals surface area contributed by atoms with E-state index in [0.717, 1.165) is 12.8 Å². The largest absolute Gasteiger partial charge is 0.455 e. The highest BCUT2D eigenvalue weighted by Gasteiger charge is 2.42. The molecule has 1 saturated carbocycles. The van der Waals surface area contributed by atoms with Crippen LogP contribution < -0.4 is 10.6 Å². The number of rotatable bonds is 5. The van der Waals surface area contributed by atoms with E-state index in [0.29, 0.717) is 18.4 Å². The number of imide groups is 1. The van der Waals surface area contributed by atoms with E-state index in [4.69, 9.17) is 4.74 Å². The summed E-state index contributed by atoms with van der Waals surface area (Å²) >= 11 is 0. The fraction of sp³-hybridized carbons (Fsp3) is 0.789. The van der Waals surface area contributed by atoms with E-state index in [2.05, 4.69) is 24.5 Å². The smallest absolute Gasteiger partial charge is 0.321 e. The van der Waals surface area contributed by atoms with Crippen molar-refractivity contribution in [1.29, 1.82) is 0 Å². The first-order valence-electron chi connectivity index (χ1n) is 9.75. The van der Waals surface area contributed by atoms with Crippen molar-refractivity contribution in [2.24, 2.45) is 17.8 Å². The van der Waals surface area contributed by atoms with Crippen molar-refractivity contribution in [2.45, 2.75) is 65.5 Å². The van der Waals surface area contributed by atoms with Gasteiger partial charge in [-0.15, -0.1) is 0 Å². The molecule has 4 amide bonds. The van der Waals surface area contributed by atoms with Crippen molar-refractivity contribution in [3.8, 4) is 0 Å². The van der Waals surface area contributed by atoms with Gasteiger partial charge in [0.2, 0.25) is 5.91 Å². The molecule has 0 aromatic heterocycles. The van der Waals surface area contributed by atoms with Crippen LogP contribution in [0, 0.1) is 17.8 Å². The Labute approximate surface area is 160 Å². The molecule has 0 unspecified atom stereocenters. The van der Waals surface area contributed by atoms with Gasteiger partial charge in [0.05, 0.1) is 5.92 Å². The first-order chi connectivity index (χ1) is 12.7. The zero-order valence-corrected chi connectivity index (χ0v) is 16.6. The number of ether oxygens (including phenoxy) is 1. The molecule has 2 rings (SSSR count). The predicted molar refractivity (Wildman–Crippen MR) is 98.6 cm³/mol. The quantitative estimate of drug-likeness (QED) is 0.701. The summed E-state index contributed by atoms with van der Waals surface area (Å²) in [6.07, 6.45) is 3.34. The van der Waals surface area contributed by atoms with E-state index in [1.165, 1.54) is 6.42 Å². The van der Waals surface area contributed by atoms with Crippen LogP contribution in [-0.4, -0.2) is 54.0 Å². The van der Waals surface area contributed by atoms with Gasteiger partial charge in [0.15, 0.2) is 6.61 Å². The van der Waals surface area contributed by atoms with E-state index in [1.807, 2.05) is 4.90 Å². The Morgan fingerprint density at radius 1 is 1.22 bits per heavy atom. The van der Waals surface area contributed by atoms with Gasteiger partial charge >= 0.3 is 12.0 Å². The van der Waals surface area contributed by atoms with Gasteiger partial charge in [-0.05, 0) is 32.1 Å². The van der Waals surface area contributed by atoms with Crippen LogP contribution >= 0.6 is 0 Å². The highest BCUT2D eigenvalue weighted by molar-refractivity contribution is 5.96. The van der Waals surface area contributed by atoms with Gasteiger partial charge in [-0.25, -0.2) is 4.79 Å². The maximum Gasteiger partial charge on any atom is 0.321 e. The van der Waals surface area contributed by atoms with Crippen LogP contribution in [-0.2, 0) is 19.1 Å². The fourth-order valence-corrected chi connectivity index (χ4v) is 3.92. The summed E-state index contributed by atoms with van der Waals surface area (Å²) in [6, 6.07) is -0.573. The summed E-state index contributed by atoms with van der Waals surface area (Å²) < 4.78 is 5.02. The molecule has 1 aliphatic carbocycles. The molecule has 1 heterocycles. The van der Waals surface area contributed by atoms with Gasteiger partial charge in [0.25, 0.3) is 5.91 Å². The van der Waals surface area contributed by atoms with Crippen molar-refractivity contribution >= 4 is 23.8 Å². The maximum atomic E-state index is 12.4. The van der Waals surface area contributed by atoms with Crippen molar-refractivity contribution in [3.63, 3.8) is 0 Å². The third-order valence-electron chi connectivity index (χ3n) is 5.57. The van der Waals surface area contributed by atoms with E-state index in [-0.39, 0.29) is 24.4 Å². The minimum Gasteiger partial charge on any atom is -0.455 e. The maximum absolute atomic E-state index is 12.4. The SMILES string of the molecule is CC(C)NC(=O)NC(=O)COC(=O)[C@@H]1CC(=O)N([C@@H]2CCC[C@@H](C)[C@H]2C)C1. The second kappa shape index (κ2) is 9.19. The second-order valence-corrected chi connectivity index (χ2v) is 8.07. The Hall–Kier alpha value is -2.12. The van der Waals surface area contributed by atoms with E-state index >= 15 is 0 Å². The van der Waals surface area contributed by atoms with Crippen LogP contribution in [0.1, 0.15) is 53.4 Å². The van der Waals surface area contributed by atoms with Crippen LogP contribution in [0.2, 0.25) is 0 Å². The Morgan fingerprint density at radius 3 is 2.59 bits per heavy atom. The van der Waals surface area contributed by atoms with Gasteiger partial charge < -0.3 is 15.0 Å². The number of carbonyl (C=O) groups excluding carboxylic acids is 4. The Balaban J connectivity index is 1.81. The number of nitrogens with zero attached hydrogens (tertiary/aromatic N) is 1. The summed E-state index contributed by atoms with van der Waals surface area (Å²) in [5, 5.41) is 4.60. The van der Waals surface area contributed by atoms with Gasteiger partial charge in [-0.2, -0.15) is 0 Å². The van der Waals surface area contributed by atoms with Crippen molar-refractivity contribution in [3.05, 3.63) is 0 Å². The molecule has 27 heavy (non-hydrogen) atoms. The molecule has 1 aliphatic heterocycles. The number of nitrogens with one attached hydrogen (secondary N) is 2. The standard InChI is InChI=1S/C19H31N3O5/c1-11(2)20-19(26)21-16(23)10-27-18(25)14-8-17(24)22(9-14)15-7-5-6-12(3)13(15)4/h11-15H,5-10H2,1-4H3,(H2,20,21,23,26)/t12-,13-,14-,15-/m1/s1. The topological polar surface area (TPSA) is 105 Å². The number of likely N-dealkylation sites (tertiary alicyclic amines) is 1. The molecule has 0 bridgehead atoms. The van der Waals surface area contributed by atoms with Gasteiger partial charge in [-0.3, -0.25) is 19.7 Å². The molecule has 0 radical (unpaired) electrons. The third kappa shape index (κ3) is 5.68. The van der Waals surface area contributed by atoms with E-state index < -0.39 is 30.4 Å². The summed E-state index contributed by atoms with van der Waals surface area (Å²) in [7, 11) is 0. The van der Waals surface area contributed by atoms with Gasteiger partial charge in [0.1, 0.15) is 0 Å². The average molecular weight is 381 g/mol. The number of amides is 4. The van der Waals surface area contributed by atoms with Gasteiger partial charge in [0, 0.05) is 25.0 Å². The molecule has 2 fully saturated rings. The molecule has 8 heteroatoms.